The zero-order valence-electron chi connectivity index (χ0n) is 34.1. The third-order valence-corrected chi connectivity index (χ3v) is 19.2. The van der Waals surface area contributed by atoms with Crippen LogP contribution in [0.15, 0.2) is 12.2 Å². The van der Waals surface area contributed by atoms with E-state index in [4.69, 9.17) is 4.74 Å². The SMILES string of the molecule is C=C(C)[C@@H]1CC[C@]2(NCCN3CCC(S(C)(=O)=O)CC3)CC[C@]3(C)[C@H](CCC4[C@@]5(C)CC[C@H](OC(=O)CC(C)(C)C(=O)O)C(C)(C)[C@@H]5CC[C@]43C)[C@@H]12. The molecule has 9 heteroatoms. The van der Waals surface area contributed by atoms with E-state index in [1.54, 1.807) is 13.8 Å². The molecule has 1 saturated heterocycles. The van der Waals surface area contributed by atoms with Crippen molar-refractivity contribution in [2.75, 3.05) is 32.4 Å². The van der Waals surface area contributed by atoms with Crippen LogP contribution >= 0.6 is 0 Å². The number of sulfone groups is 1. The van der Waals surface area contributed by atoms with Gasteiger partial charge in [0, 0.05) is 30.3 Å². The fourth-order valence-corrected chi connectivity index (χ4v) is 15.4. The minimum Gasteiger partial charge on any atom is -0.481 e. The number of ether oxygens (including phenoxy) is 1. The summed E-state index contributed by atoms with van der Waals surface area (Å²) in [6, 6.07) is 0. The lowest BCUT2D eigenvalue weighted by Crippen LogP contribution is -2.69. The highest BCUT2D eigenvalue weighted by atomic mass is 32.2. The van der Waals surface area contributed by atoms with Crippen LogP contribution in [0.1, 0.15) is 139 Å². The van der Waals surface area contributed by atoms with Crippen LogP contribution in [-0.4, -0.2) is 79.7 Å². The van der Waals surface area contributed by atoms with E-state index in [1.165, 1.54) is 56.8 Å². The van der Waals surface area contributed by atoms with Crippen molar-refractivity contribution in [3.63, 3.8) is 0 Å². The van der Waals surface area contributed by atoms with Crippen molar-refractivity contribution in [1.29, 1.82) is 0 Å². The van der Waals surface area contributed by atoms with Gasteiger partial charge >= 0.3 is 11.9 Å². The summed E-state index contributed by atoms with van der Waals surface area (Å²) in [5.74, 6) is 1.48. The Kier molecular flexibility index (Phi) is 10.5. The Hall–Kier alpha value is -1.45. The molecular weight excluding hydrogens is 673 g/mol. The van der Waals surface area contributed by atoms with Gasteiger partial charge in [-0.3, -0.25) is 9.59 Å². The van der Waals surface area contributed by atoms with Crippen LogP contribution in [0.25, 0.3) is 0 Å². The molecule has 6 rings (SSSR count). The summed E-state index contributed by atoms with van der Waals surface area (Å²) in [6.07, 6.45) is 14.2. The molecule has 1 heterocycles. The van der Waals surface area contributed by atoms with Gasteiger partial charge in [-0.15, -0.1) is 0 Å². The molecule has 0 bridgehead atoms. The number of piperidine rings is 1. The third kappa shape index (κ3) is 6.54. The molecule has 0 radical (unpaired) electrons. The maximum atomic E-state index is 13.1. The lowest BCUT2D eigenvalue weighted by atomic mass is 9.32. The first-order valence-corrected chi connectivity index (χ1v) is 22.7. The second-order valence-electron chi connectivity index (χ2n) is 20.8. The minimum absolute atomic E-state index is 0.107. The first kappa shape index (κ1) is 40.2. The number of hydrogen-bond donors (Lipinski definition) is 2. The van der Waals surface area contributed by atoms with Crippen molar-refractivity contribution in [3.05, 3.63) is 12.2 Å². The van der Waals surface area contributed by atoms with Crippen LogP contribution in [0, 0.1) is 56.7 Å². The molecule has 6 fully saturated rings. The number of aliphatic carboxylic acids is 1. The molecule has 1 aliphatic heterocycles. The summed E-state index contributed by atoms with van der Waals surface area (Å²) in [5, 5.41) is 13.7. The second kappa shape index (κ2) is 13.6. The van der Waals surface area contributed by atoms with Gasteiger partial charge in [0.25, 0.3) is 0 Å². The van der Waals surface area contributed by atoms with Crippen molar-refractivity contribution in [2.24, 2.45) is 56.7 Å². The minimum atomic E-state index is -2.96. The highest BCUT2D eigenvalue weighted by Gasteiger charge is 2.71. The number of carboxylic acids is 1. The maximum Gasteiger partial charge on any atom is 0.309 e. The van der Waals surface area contributed by atoms with Crippen LogP contribution in [0.2, 0.25) is 0 Å². The number of carbonyl (C=O) groups is 2. The predicted molar refractivity (Wildman–Crippen MR) is 207 cm³/mol. The first-order chi connectivity index (χ1) is 24.0. The monoisotopic (exact) mass is 745 g/mol. The Bertz CT molecular complexity index is 1520. The summed E-state index contributed by atoms with van der Waals surface area (Å²) < 4.78 is 30.4. The van der Waals surface area contributed by atoms with Crippen molar-refractivity contribution >= 4 is 21.8 Å². The molecule has 52 heavy (non-hydrogen) atoms. The van der Waals surface area contributed by atoms with Gasteiger partial charge in [0.2, 0.25) is 0 Å². The third-order valence-electron chi connectivity index (χ3n) is 17.5. The number of esters is 1. The van der Waals surface area contributed by atoms with Gasteiger partial charge in [-0.1, -0.05) is 46.8 Å². The van der Waals surface area contributed by atoms with Crippen LogP contribution < -0.4 is 5.32 Å². The smallest absolute Gasteiger partial charge is 0.309 e. The number of likely N-dealkylation sites (tertiary alicyclic amines) is 1. The highest BCUT2D eigenvalue weighted by molar-refractivity contribution is 7.91. The number of hydrogen-bond acceptors (Lipinski definition) is 7. The van der Waals surface area contributed by atoms with E-state index in [-0.39, 0.29) is 50.9 Å². The average molecular weight is 745 g/mol. The predicted octanol–water partition coefficient (Wildman–Crippen LogP) is 7.91. The molecular formula is C43H72N2O6S. The Morgan fingerprint density at radius 3 is 2.17 bits per heavy atom. The van der Waals surface area contributed by atoms with Crippen LogP contribution in [-0.2, 0) is 24.2 Å². The fraction of sp³-hybridized carbons (Fsp3) is 0.907. The number of carbonyl (C=O) groups excluding carboxylic acids is 1. The molecule has 0 spiro atoms. The lowest BCUT2D eigenvalue weighted by Gasteiger charge is -2.73. The number of nitrogens with one attached hydrogen (secondary N) is 1. The summed E-state index contributed by atoms with van der Waals surface area (Å²) >= 11 is 0. The van der Waals surface area contributed by atoms with Gasteiger partial charge in [0.05, 0.1) is 17.1 Å². The summed E-state index contributed by atoms with van der Waals surface area (Å²) in [6.45, 7) is 26.3. The van der Waals surface area contributed by atoms with E-state index in [1.807, 2.05) is 0 Å². The molecule has 0 aromatic heterocycles. The lowest BCUT2D eigenvalue weighted by molar-refractivity contribution is -0.246. The topological polar surface area (TPSA) is 113 Å². The van der Waals surface area contributed by atoms with E-state index in [0.717, 1.165) is 58.3 Å². The highest BCUT2D eigenvalue weighted by Crippen LogP contribution is 2.76. The average Bonchev–Trinajstić information content (AvgIpc) is 3.42. The van der Waals surface area contributed by atoms with Gasteiger partial charge in [0.15, 0.2) is 0 Å². The molecule has 0 aromatic rings. The van der Waals surface area contributed by atoms with Crippen LogP contribution in [0.4, 0.5) is 0 Å². The van der Waals surface area contributed by atoms with Gasteiger partial charge in [-0.2, -0.15) is 0 Å². The number of carboxylic acid groups (broad SMARTS) is 1. The molecule has 10 atom stereocenters. The molecule has 6 aliphatic rings. The van der Waals surface area contributed by atoms with E-state index in [2.05, 4.69) is 58.3 Å². The summed E-state index contributed by atoms with van der Waals surface area (Å²) in [4.78, 5) is 27.3. The molecule has 1 unspecified atom stereocenters. The zero-order valence-corrected chi connectivity index (χ0v) is 34.9. The van der Waals surface area contributed by atoms with E-state index in [0.29, 0.717) is 29.6 Å². The van der Waals surface area contributed by atoms with Gasteiger partial charge < -0.3 is 20.1 Å². The van der Waals surface area contributed by atoms with Crippen molar-refractivity contribution in [1.82, 2.24) is 10.2 Å². The Balaban J connectivity index is 1.18. The number of fused-ring (bicyclic) bond motifs is 7. The number of allylic oxidation sites excluding steroid dienone is 1. The molecule has 0 amide bonds. The molecule has 8 nitrogen and oxygen atoms in total. The molecule has 0 aromatic carbocycles. The molecule has 296 valence electrons. The van der Waals surface area contributed by atoms with Crippen molar-refractivity contribution < 1.29 is 27.9 Å². The summed E-state index contributed by atoms with van der Waals surface area (Å²) in [5.41, 5.74) is 0.796. The normalized spacial score (nSPS) is 42.3. The maximum absolute atomic E-state index is 13.1. The Morgan fingerprint density at radius 1 is 0.885 bits per heavy atom. The van der Waals surface area contributed by atoms with Gasteiger partial charge in [0.1, 0.15) is 15.9 Å². The van der Waals surface area contributed by atoms with Crippen LogP contribution in [0.3, 0.4) is 0 Å². The van der Waals surface area contributed by atoms with E-state index >= 15 is 0 Å². The molecule has 2 N–H and O–H groups in total. The van der Waals surface area contributed by atoms with Crippen LogP contribution in [0.5, 0.6) is 0 Å². The van der Waals surface area contributed by atoms with E-state index in [9.17, 15) is 23.1 Å². The largest absolute Gasteiger partial charge is 0.481 e. The van der Waals surface area contributed by atoms with Crippen molar-refractivity contribution in [3.8, 4) is 0 Å². The van der Waals surface area contributed by atoms with Gasteiger partial charge in [-0.25, -0.2) is 8.42 Å². The zero-order chi connectivity index (χ0) is 38.3. The molecule has 5 aliphatic carbocycles. The Labute approximate surface area is 316 Å². The molecule has 5 saturated carbocycles. The fourth-order valence-electron chi connectivity index (χ4n) is 14.3. The van der Waals surface area contributed by atoms with E-state index < -0.39 is 21.2 Å². The first-order valence-electron chi connectivity index (χ1n) is 20.8. The summed E-state index contributed by atoms with van der Waals surface area (Å²) in [7, 11) is -2.96. The van der Waals surface area contributed by atoms with Crippen molar-refractivity contribution in [2.45, 2.75) is 156 Å². The second-order valence-corrected chi connectivity index (χ2v) is 23.2. The Morgan fingerprint density at radius 2 is 1.56 bits per heavy atom. The number of rotatable bonds is 10. The standard InChI is InChI=1S/C43H72N2O6S/c1-28(2)30-13-20-43(44-23-26-45-24-16-29(17-25-45)52(10,49)50)22-21-41(8)31(36(30)43)11-12-33-40(7)18-15-34(51-35(46)27-38(3,4)37(47)48)39(5,6)32(40)14-19-42(33,41)9/h29-34,36,44H,1,11-27H2,2-10H3,(H,47,48)/t30-,31+,32-,33?,34-,36+,40-,41+,42+,43-/m0/s1. The number of nitrogens with zero attached hydrogens (tertiary/aromatic N) is 1. The quantitative estimate of drug-likeness (QED) is 0.172. The van der Waals surface area contributed by atoms with Gasteiger partial charge in [-0.05, 0) is 157 Å².